The number of nitrogens with one attached hydrogen (secondary N) is 2. The minimum Gasteiger partial charge on any atom is -0.397 e. The van der Waals surface area contributed by atoms with Gasteiger partial charge in [0.1, 0.15) is 0 Å². The van der Waals surface area contributed by atoms with E-state index >= 15 is 0 Å². The number of carbonyl (C=O) groups excluding carboxylic acids is 1. The summed E-state index contributed by atoms with van der Waals surface area (Å²) in [7, 11) is -3.83. The average Bonchev–Trinajstić information content (AvgIpc) is 2.38. The van der Waals surface area contributed by atoms with Gasteiger partial charge in [0, 0.05) is 6.54 Å². The molecule has 1 amide bonds. The summed E-state index contributed by atoms with van der Waals surface area (Å²) >= 11 is 5.75. The highest BCUT2D eigenvalue weighted by Crippen LogP contribution is 2.22. The van der Waals surface area contributed by atoms with E-state index in [1.807, 2.05) is 13.8 Å². The van der Waals surface area contributed by atoms with Crippen LogP contribution in [0.3, 0.4) is 0 Å². The lowest BCUT2D eigenvalue weighted by atomic mass is 10.2. The first-order chi connectivity index (χ1) is 9.63. The van der Waals surface area contributed by atoms with Crippen molar-refractivity contribution >= 4 is 33.2 Å². The van der Waals surface area contributed by atoms with E-state index in [0.29, 0.717) is 6.54 Å². The first kappa shape index (κ1) is 17.7. The zero-order chi connectivity index (χ0) is 16.2. The molecule has 4 N–H and O–H groups in total. The largest absolute Gasteiger partial charge is 0.397 e. The predicted octanol–water partition coefficient (Wildman–Crippen LogP) is 1.36. The summed E-state index contributed by atoms with van der Waals surface area (Å²) in [6, 6.07) is 3.10. The normalized spacial score (nSPS) is 13.2. The van der Waals surface area contributed by atoms with E-state index in [1.54, 1.807) is 0 Å². The highest BCUT2D eigenvalue weighted by molar-refractivity contribution is 7.89. The standard InChI is InChI=1S/C13H20ClN3O3S/c1-8(2)7-16-13(18)9(3)17-21(19,20)10-4-5-11(14)12(15)6-10/h4-6,8-9,17H,7,15H2,1-3H3,(H,16,18). The van der Waals surface area contributed by atoms with E-state index < -0.39 is 16.1 Å². The first-order valence-electron chi connectivity index (χ1n) is 6.48. The Kier molecular flexibility index (Phi) is 6.00. The molecule has 0 saturated carbocycles. The van der Waals surface area contributed by atoms with Crippen molar-refractivity contribution in [3.63, 3.8) is 0 Å². The monoisotopic (exact) mass is 333 g/mol. The number of rotatable bonds is 6. The molecule has 1 unspecified atom stereocenters. The Morgan fingerprint density at radius 2 is 1.95 bits per heavy atom. The molecule has 1 aromatic rings. The van der Waals surface area contributed by atoms with E-state index in [9.17, 15) is 13.2 Å². The summed E-state index contributed by atoms with van der Waals surface area (Å²) in [6.45, 7) is 5.86. The van der Waals surface area contributed by atoms with Crippen LogP contribution < -0.4 is 15.8 Å². The number of hydrogen-bond acceptors (Lipinski definition) is 4. The van der Waals surface area contributed by atoms with Gasteiger partial charge in [-0.05, 0) is 31.0 Å². The Labute approximate surface area is 130 Å². The van der Waals surface area contributed by atoms with Gasteiger partial charge in [0.25, 0.3) is 0 Å². The lowest BCUT2D eigenvalue weighted by Crippen LogP contribution is -2.45. The van der Waals surface area contributed by atoms with Crippen LogP contribution in [0.2, 0.25) is 5.02 Å². The maximum atomic E-state index is 12.2. The number of nitrogens with two attached hydrogens (primary N) is 1. The first-order valence-corrected chi connectivity index (χ1v) is 8.34. The van der Waals surface area contributed by atoms with Crippen molar-refractivity contribution in [3.05, 3.63) is 23.2 Å². The Hall–Kier alpha value is -1.31. The molecule has 8 heteroatoms. The van der Waals surface area contributed by atoms with Crippen LogP contribution in [0.1, 0.15) is 20.8 Å². The van der Waals surface area contributed by atoms with Gasteiger partial charge < -0.3 is 11.1 Å². The maximum Gasteiger partial charge on any atom is 0.241 e. The summed E-state index contributed by atoms with van der Waals surface area (Å²) in [5, 5.41) is 2.94. The van der Waals surface area contributed by atoms with Crippen LogP contribution >= 0.6 is 11.6 Å². The highest BCUT2D eigenvalue weighted by Gasteiger charge is 2.22. The number of anilines is 1. The van der Waals surface area contributed by atoms with Crippen molar-refractivity contribution in [1.82, 2.24) is 10.0 Å². The van der Waals surface area contributed by atoms with Crippen molar-refractivity contribution in [1.29, 1.82) is 0 Å². The Morgan fingerprint density at radius 3 is 2.48 bits per heavy atom. The van der Waals surface area contributed by atoms with Gasteiger partial charge in [-0.2, -0.15) is 4.72 Å². The van der Waals surface area contributed by atoms with Gasteiger partial charge in [0.15, 0.2) is 0 Å². The van der Waals surface area contributed by atoms with Crippen molar-refractivity contribution < 1.29 is 13.2 Å². The fraction of sp³-hybridized carbons (Fsp3) is 0.462. The van der Waals surface area contributed by atoms with Gasteiger partial charge in [-0.25, -0.2) is 8.42 Å². The van der Waals surface area contributed by atoms with E-state index in [1.165, 1.54) is 25.1 Å². The SMILES string of the molecule is CC(C)CNC(=O)C(C)NS(=O)(=O)c1ccc(Cl)c(N)c1. The summed E-state index contributed by atoms with van der Waals surface area (Å²) in [5.74, 6) is -0.0944. The number of halogens is 1. The van der Waals surface area contributed by atoms with E-state index in [2.05, 4.69) is 10.0 Å². The van der Waals surface area contributed by atoms with Crippen LogP contribution in [-0.2, 0) is 14.8 Å². The summed E-state index contributed by atoms with van der Waals surface area (Å²) in [6.07, 6.45) is 0. The average molecular weight is 334 g/mol. The Bertz CT molecular complexity index is 617. The predicted molar refractivity (Wildman–Crippen MR) is 83.5 cm³/mol. The van der Waals surface area contributed by atoms with Crippen LogP contribution in [0.4, 0.5) is 5.69 Å². The van der Waals surface area contributed by atoms with Gasteiger partial charge >= 0.3 is 0 Å². The molecule has 1 atom stereocenters. The van der Waals surface area contributed by atoms with E-state index in [4.69, 9.17) is 17.3 Å². The lowest BCUT2D eigenvalue weighted by molar-refractivity contribution is -0.122. The van der Waals surface area contributed by atoms with Crippen molar-refractivity contribution in [2.75, 3.05) is 12.3 Å². The molecule has 1 rings (SSSR count). The minimum absolute atomic E-state index is 0.0343. The molecule has 0 heterocycles. The molecule has 1 aromatic carbocycles. The number of nitrogen functional groups attached to an aromatic ring is 1. The lowest BCUT2D eigenvalue weighted by Gasteiger charge is -2.15. The molecule has 0 aromatic heterocycles. The molecule has 0 saturated heterocycles. The zero-order valence-electron chi connectivity index (χ0n) is 12.2. The number of sulfonamides is 1. The molecule has 0 aliphatic carbocycles. The van der Waals surface area contributed by atoms with Crippen molar-refractivity contribution in [2.24, 2.45) is 5.92 Å². The summed E-state index contributed by atoms with van der Waals surface area (Å²) < 4.78 is 26.6. The molecule has 21 heavy (non-hydrogen) atoms. The number of benzene rings is 1. The van der Waals surface area contributed by atoms with Crippen LogP contribution in [0.15, 0.2) is 23.1 Å². The number of hydrogen-bond donors (Lipinski definition) is 3. The molecule has 0 bridgehead atoms. The third-order valence-corrected chi connectivity index (χ3v) is 4.57. The quantitative estimate of drug-likeness (QED) is 0.684. The second-order valence-electron chi connectivity index (χ2n) is 5.17. The second kappa shape index (κ2) is 7.11. The Balaban J connectivity index is 2.80. The highest BCUT2D eigenvalue weighted by atomic mass is 35.5. The van der Waals surface area contributed by atoms with Crippen LogP contribution in [-0.4, -0.2) is 26.9 Å². The molecular formula is C13H20ClN3O3S. The van der Waals surface area contributed by atoms with Gasteiger partial charge in [0.2, 0.25) is 15.9 Å². The van der Waals surface area contributed by atoms with E-state index in [-0.39, 0.29) is 27.4 Å². The molecule has 0 spiro atoms. The fourth-order valence-electron chi connectivity index (χ4n) is 1.50. The summed E-state index contributed by atoms with van der Waals surface area (Å²) in [5.41, 5.74) is 5.75. The smallest absolute Gasteiger partial charge is 0.241 e. The van der Waals surface area contributed by atoms with E-state index in [0.717, 1.165) is 0 Å². The maximum absolute atomic E-state index is 12.2. The fourth-order valence-corrected chi connectivity index (χ4v) is 2.86. The van der Waals surface area contributed by atoms with Crippen LogP contribution in [0, 0.1) is 5.92 Å². The molecule has 0 radical (unpaired) electrons. The number of amides is 1. The topological polar surface area (TPSA) is 101 Å². The van der Waals surface area contributed by atoms with Crippen LogP contribution in [0.25, 0.3) is 0 Å². The van der Waals surface area contributed by atoms with Crippen molar-refractivity contribution in [2.45, 2.75) is 31.7 Å². The third kappa shape index (κ3) is 5.18. The molecular weight excluding hydrogens is 314 g/mol. The van der Waals surface area contributed by atoms with Gasteiger partial charge in [-0.1, -0.05) is 25.4 Å². The van der Waals surface area contributed by atoms with Gasteiger partial charge in [-0.15, -0.1) is 0 Å². The zero-order valence-corrected chi connectivity index (χ0v) is 13.8. The minimum atomic E-state index is -3.83. The van der Waals surface area contributed by atoms with Crippen LogP contribution in [0.5, 0.6) is 0 Å². The molecule has 0 aliphatic rings. The number of carbonyl (C=O) groups is 1. The second-order valence-corrected chi connectivity index (χ2v) is 7.29. The summed E-state index contributed by atoms with van der Waals surface area (Å²) in [4.78, 5) is 11.8. The molecule has 0 aliphatic heterocycles. The third-order valence-electron chi connectivity index (χ3n) is 2.69. The molecule has 0 fully saturated rings. The Morgan fingerprint density at radius 1 is 1.33 bits per heavy atom. The van der Waals surface area contributed by atoms with Gasteiger partial charge in [-0.3, -0.25) is 4.79 Å². The molecule has 118 valence electrons. The van der Waals surface area contributed by atoms with Gasteiger partial charge in [0.05, 0.1) is 21.6 Å². The molecule has 6 nitrogen and oxygen atoms in total. The van der Waals surface area contributed by atoms with Crippen molar-refractivity contribution in [3.8, 4) is 0 Å².